The molecule has 122 valence electrons. The fourth-order valence-corrected chi connectivity index (χ4v) is 2.03. The smallest absolute Gasteiger partial charge is 0.265 e. The molecule has 5 heteroatoms. The zero-order chi connectivity index (χ0) is 16.7. The van der Waals surface area contributed by atoms with E-state index in [-0.39, 0.29) is 5.91 Å². The molecule has 1 atom stereocenters. The number of nitrogens with one attached hydrogen (secondary N) is 1. The average Bonchev–Trinajstić information content (AvgIpc) is 2.56. The van der Waals surface area contributed by atoms with E-state index in [1.807, 2.05) is 31.2 Å². The third-order valence-corrected chi connectivity index (χ3v) is 3.15. The quantitative estimate of drug-likeness (QED) is 0.849. The van der Waals surface area contributed by atoms with Crippen molar-refractivity contribution in [3.05, 3.63) is 48.5 Å². The molecule has 0 aliphatic heterocycles. The first-order valence-electron chi connectivity index (χ1n) is 7.47. The minimum Gasteiger partial charge on any atom is -0.494 e. The van der Waals surface area contributed by atoms with Crippen molar-refractivity contribution in [2.24, 2.45) is 0 Å². The highest BCUT2D eigenvalue weighted by Crippen LogP contribution is 2.27. The second-order valence-electron chi connectivity index (χ2n) is 4.86. The van der Waals surface area contributed by atoms with Crippen LogP contribution in [0.15, 0.2) is 48.5 Å². The number of amides is 1. The third kappa shape index (κ3) is 4.64. The average molecular weight is 315 g/mol. The van der Waals surface area contributed by atoms with Crippen molar-refractivity contribution in [1.29, 1.82) is 0 Å². The summed E-state index contributed by atoms with van der Waals surface area (Å²) in [7, 11) is 1.56. The number of para-hydroxylation sites is 2. The summed E-state index contributed by atoms with van der Waals surface area (Å²) in [4.78, 5) is 12.3. The zero-order valence-corrected chi connectivity index (χ0v) is 13.5. The SMILES string of the molecule is CCOc1cccc(NC(=O)C(C)Oc2ccccc2OC)c1. The minimum absolute atomic E-state index is 0.246. The highest BCUT2D eigenvalue weighted by Gasteiger charge is 2.17. The molecule has 0 aromatic heterocycles. The molecule has 0 fully saturated rings. The highest BCUT2D eigenvalue weighted by molar-refractivity contribution is 5.94. The van der Waals surface area contributed by atoms with Gasteiger partial charge >= 0.3 is 0 Å². The van der Waals surface area contributed by atoms with Gasteiger partial charge in [0.05, 0.1) is 13.7 Å². The fourth-order valence-electron chi connectivity index (χ4n) is 2.03. The molecule has 0 saturated heterocycles. The van der Waals surface area contributed by atoms with Gasteiger partial charge in [-0.1, -0.05) is 18.2 Å². The predicted octanol–water partition coefficient (Wildman–Crippen LogP) is 3.50. The summed E-state index contributed by atoms with van der Waals surface area (Å²) in [6.45, 7) is 4.17. The number of benzene rings is 2. The van der Waals surface area contributed by atoms with E-state index in [9.17, 15) is 4.79 Å². The number of rotatable bonds is 7. The molecule has 1 unspecified atom stereocenters. The Kier molecular flexibility index (Phi) is 5.86. The molecular weight excluding hydrogens is 294 g/mol. The van der Waals surface area contributed by atoms with Gasteiger partial charge in [0.25, 0.3) is 5.91 Å². The van der Waals surface area contributed by atoms with Crippen LogP contribution in [0.25, 0.3) is 0 Å². The van der Waals surface area contributed by atoms with E-state index >= 15 is 0 Å². The molecule has 0 radical (unpaired) electrons. The maximum atomic E-state index is 12.3. The van der Waals surface area contributed by atoms with Crippen molar-refractivity contribution < 1.29 is 19.0 Å². The second-order valence-corrected chi connectivity index (χ2v) is 4.86. The van der Waals surface area contributed by atoms with Gasteiger partial charge in [-0.3, -0.25) is 4.79 Å². The summed E-state index contributed by atoms with van der Waals surface area (Å²) < 4.78 is 16.3. The van der Waals surface area contributed by atoms with Crippen molar-refractivity contribution >= 4 is 11.6 Å². The van der Waals surface area contributed by atoms with Crippen LogP contribution in [-0.2, 0) is 4.79 Å². The van der Waals surface area contributed by atoms with Gasteiger partial charge in [0.15, 0.2) is 17.6 Å². The van der Waals surface area contributed by atoms with Gasteiger partial charge in [0, 0.05) is 11.8 Å². The summed E-state index contributed by atoms with van der Waals surface area (Å²) in [6, 6.07) is 14.5. The summed E-state index contributed by atoms with van der Waals surface area (Å²) >= 11 is 0. The largest absolute Gasteiger partial charge is 0.494 e. The second kappa shape index (κ2) is 8.08. The Balaban J connectivity index is 2.01. The fraction of sp³-hybridized carbons (Fsp3) is 0.278. The van der Waals surface area contributed by atoms with E-state index in [1.165, 1.54) is 0 Å². The zero-order valence-electron chi connectivity index (χ0n) is 13.5. The van der Waals surface area contributed by atoms with Gasteiger partial charge in [-0.2, -0.15) is 0 Å². The lowest BCUT2D eigenvalue weighted by atomic mass is 10.2. The van der Waals surface area contributed by atoms with Gasteiger partial charge in [0.1, 0.15) is 5.75 Å². The lowest BCUT2D eigenvalue weighted by Crippen LogP contribution is -2.30. The van der Waals surface area contributed by atoms with Crippen LogP contribution in [0.1, 0.15) is 13.8 Å². The lowest BCUT2D eigenvalue weighted by Gasteiger charge is -2.16. The summed E-state index contributed by atoms with van der Waals surface area (Å²) in [5.74, 6) is 1.58. The van der Waals surface area contributed by atoms with E-state index in [1.54, 1.807) is 38.3 Å². The molecule has 5 nitrogen and oxygen atoms in total. The Morgan fingerprint density at radius 2 is 1.87 bits per heavy atom. The van der Waals surface area contributed by atoms with E-state index in [0.717, 1.165) is 0 Å². The van der Waals surface area contributed by atoms with Crippen LogP contribution in [0.5, 0.6) is 17.2 Å². The number of methoxy groups -OCH3 is 1. The Morgan fingerprint density at radius 3 is 2.57 bits per heavy atom. The number of ether oxygens (including phenoxy) is 3. The first kappa shape index (κ1) is 16.7. The van der Waals surface area contributed by atoms with Crippen LogP contribution >= 0.6 is 0 Å². The molecule has 2 aromatic carbocycles. The normalized spacial score (nSPS) is 11.4. The van der Waals surface area contributed by atoms with Crippen LogP contribution in [-0.4, -0.2) is 25.7 Å². The molecular formula is C18H21NO4. The van der Waals surface area contributed by atoms with Gasteiger partial charge in [-0.25, -0.2) is 0 Å². The first-order valence-corrected chi connectivity index (χ1v) is 7.47. The standard InChI is InChI=1S/C18H21NO4/c1-4-22-15-9-7-8-14(12-15)19-18(20)13(2)23-17-11-6-5-10-16(17)21-3/h5-13H,4H2,1-3H3,(H,19,20). The van der Waals surface area contributed by atoms with E-state index in [2.05, 4.69) is 5.32 Å². The lowest BCUT2D eigenvalue weighted by molar-refractivity contribution is -0.122. The number of hydrogen-bond acceptors (Lipinski definition) is 4. The molecule has 1 amide bonds. The molecule has 0 bridgehead atoms. The summed E-state index contributed by atoms with van der Waals surface area (Å²) in [5, 5.41) is 2.81. The van der Waals surface area contributed by atoms with Crippen molar-refractivity contribution in [3.63, 3.8) is 0 Å². The highest BCUT2D eigenvalue weighted by atomic mass is 16.5. The van der Waals surface area contributed by atoms with Gasteiger partial charge < -0.3 is 19.5 Å². The molecule has 23 heavy (non-hydrogen) atoms. The molecule has 2 rings (SSSR count). The first-order chi connectivity index (χ1) is 11.1. The Bertz CT molecular complexity index is 657. The molecule has 0 saturated carbocycles. The Morgan fingerprint density at radius 1 is 1.13 bits per heavy atom. The van der Waals surface area contributed by atoms with Gasteiger partial charge in [-0.15, -0.1) is 0 Å². The van der Waals surface area contributed by atoms with E-state index in [4.69, 9.17) is 14.2 Å². The van der Waals surface area contributed by atoms with Crippen molar-refractivity contribution in [2.75, 3.05) is 19.0 Å². The van der Waals surface area contributed by atoms with Gasteiger partial charge in [0.2, 0.25) is 0 Å². The maximum absolute atomic E-state index is 12.3. The molecule has 2 aromatic rings. The monoisotopic (exact) mass is 315 g/mol. The third-order valence-electron chi connectivity index (χ3n) is 3.15. The van der Waals surface area contributed by atoms with Crippen LogP contribution in [0.2, 0.25) is 0 Å². The minimum atomic E-state index is -0.665. The number of carbonyl (C=O) groups excluding carboxylic acids is 1. The topological polar surface area (TPSA) is 56.8 Å². The summed E-state index contributed by atoms with van der Waals surface area (Å²) in [5.41, 5.74) is 0.663. The molecule has 1 N–H and O–H groups in total. The molecule has 0 aliphatic carbocycles. The van der Waals surface area contributed by atoms with E-state index < -0.39 is 6.10 Å². The molecule has 0 heterocycles. The van der Waals surface area contributed by atoms with Crippen molar-refractivity contribution in [2.45, 2.75) is 20.0 Å². The van der Waals surface area contributed by atoms with Crippen molar-refractivity contribution in [3.8, 4) is 17.2 Å². The molecule has 0 aliphatic rings. The van der Waals surface area contributed by atoms with Crippen molar-refractivity contribution in [1.82, 2.24) is 0 Å². The number of anilines is 1. The van der Waals surface area contributed by atoms with Crippen LogP contribution < -0.4 is 19.5 Å². The maximum Gasteiger partial charge on any atom is 0.265 e. The number of carbonyl (C=O) groups is 1. The van der Waals surface area contributed by atoms with Crippen LogP contribution in [0, 0.1) is 0 Å². The molecule has 0 spiro atoms. The summed E-state index contributed by atoms with van der Waals surface area (Å²) in [6.07, 6.45) is -0.665. The number of hydrogen-bond donors (Lipinski definition) is 1. The predicted molar refractivity (Wildman–Crippen MR) is 89.3 cm³/mol. The Labute approximate surface area is 136 Å². The van der Waals surface area contributed by atoms with Gasteiger partial charge in [-0.05, 0) is 38.1 Å². The Hall–Kier alpha value is -2.69. The van der Waals surface area contributed by atoms with E-state index in [0.29, 0.717) is 29.5 Å². The van der Waals surface area contributed by atoms with Crippen LogP contribution in [0.3, 0.4) is 0 Å². The van der Waals surface area contributed by atoms with Crippen LogP contribution in [0.4, 0.5) is 5.69 Å².